The third-order valence-corrected chi connectivity index (χ3v) is 4.50. The molecule has 0 fully saturated rings. The fraction of sp³-hybridized carbons (Fsp3) is 0.263. The van der Waals surface area contributed by atoms with Crippen molar-refractivity contribution in [1.29, 1.82) is 0 Å². The topological polar surface area (TPSA) is 69.6 Å². The smallest absolute Gasteiger partial charge is 0.413 e. The van der Waals surface area contributed by atoms with Crippen molar-refractivity contribution >= 4 is 23.3 Å². The van der Waals surface area contributed by atoms with Gasteiger partial charge in [0.1, 0.15) is 5.66 Å². The maximum absolute atomic E-state index is 11.9. The Morgan fingerprint density at radius 1 is 1.12 bits per heavy atom. The molecule has 2 N–H and O–H groups in total. The van der Waals surface area contributed by atoms with Gasteiger partial charge in [0.15, 0.2) is 5.78 Å². The second-order valence-corrected chi connectivity index (χ2v) is 6.28. The van der Waals surface area contributed by atoms with Crippen LogP contribution < -0.4 is 10.2 Å². The van der Waals surface area contributed by atoms with E-state index >= 15 is 0 Å². The van der Waals surface area contributed by atoms with Gasteiger partial charge in [0, 0.05) is 11.3 Å². The van der Waals surface area contributed by atoms with Gasteiger partial charge in [-0.3, -0.25) is 9.69 Å². The van der Waals surface area contributed by atoms with Crippen LogP contribution >= 0.6 is 0 Å². The van der Waals surface area contributed by atoms with Crippen LogP contribution in [0.3, 0.4) is 0 Å². The number of ketones is 1. The maximum atomic E-state index is 11.9. The van der Waals surface area contributed by atoms with Crippen molar-refractivity contribution in [3.05, 3.63) is 59.7 Å². The summed E-state index contributed by atoms with van der Waals surface area (Å²) in [6, 6.07) is 14.7. The zero-order chi connectivity index (χ0) is 17.3. The van der Waals surface area contributed by atoms with Crippen LogP contribution in [0, 0.1) is 0 Å². The molecule has 0 saturated heterocycles. The molecule has 0 bridgehead atoms. The van der Waals surface area contributed by atoms with E-state index in [1.165, 1.54) is 11.8 Å². The molecule has 1 unspecified atom stereocenters. The molecule has 124 valence electrons. The molecule has 0 aliphatic carbocycles. The number of nitrogens with zero attached hydrogens (tertiary/aromatic N) is 1. The standard InChI is InChI=1S/C19H20N2O3/c1-13(22)14-7-9-16(10-8-14)20-19(2)12-11-15-5-3-4-6-17(15)21(19)18(23)24/h3-10,20H,11-12H2,1-2H3,(H,23,24). The van der Waals surface area contributed by atoms with Gasteiger partial charge >= 0.3 is 6.09 Å². The lowest BCUT2D eigenvalue weighted by atomic mass is 9.91. The van der Waals surface area contributed by atoms with Crippen molar-refractivity contribution in [1.82, 2.24) is 0 Å². The number of para-hydroxylation sites is 1. The van der Waals surface area contributed by atoms with Crippen LogP contribution in [0.25, 0.3) is 0 Å². The molecule has 1 aliphatic heterocycles. The van der Waals surface area contributed by atoms with E-state index in [0.717, 1.165) is 17.7 Å². The van der Waals surface area contributed by atoms with Gasteiger partial charge in [0.05, 0.1) is 5.69 Å². The van der Waals surface area contributed by atoms with Gasteiger partial charge in [-0.2, -0.15) is 0 Å². The molecule has 0 spiro atoms. The Labute approximate surface area is 140 Å². The number of carbonyl (C=O) groups is 2. The zero-order valence-corrected chi connectivity index (χ0v) is 13.7. The number of hydrogen-bond acceptors (Lipinski definition) is 3. The Balaban J connectivity index is 1.93. The van der Waals surface area contributed by atoms with Crippen molar-refractivity contribution in [3.8, 4) is 0 Å². The first-order valence-electron chi connectivity index (χ1n) is 7.91. The van der Waals surface area contributed by atoms with Crippen molar-refractivity contribution in [2.24, 2.45) is 0 Å². The van der Waals surface area contributed by atoms with E-state index in [9.17, 15) is 14.7 Å². The second kappa shape index (κ2) is 6.00. The third-order valence-electron chi connectivity index (χ3n) is 4.50. The molecular formula is C19H20N2O3. The van der Waals surface area contributed by atoms with Gasteiger partial charge in [-0.15, -0.1) is 0 Å². The lowest BCUT2D eigenvalue weighted by molar-refractivity contribution is 0.101. The largest absolute Gasteiger partial charge is 0.465 e. The van der Waals surface area contributed by atoms with E-state index in [2.05, 4.69) is 5.32 Å². The highest BCUT2D eigenvalue weighted by Gasteiger charge is 2.40. The molecular weight excluding hydrogens is 304 g/mol. The summed E-state index contributed by atoms with van der Waals surface area (Å²) >= 11 is 0. The molecule has 3 rings (SSSR count). The van der Waals surface area contributed by atoms with Gasteiger partial charge in [-0.05, 0) is 62.6 Å². The SMILES string of the molecule is CC(=O)c1ccc(NC2(C)CCc3ccccc3N2C(=O)O)cc1. The number of carbonyl (C=O) groups excluding carboxylic acids is 1. The summed E-state index contributed by atoms with van der Waals surface area (Å²) in [6.07, 6.45) is 0.470. The summed E-state index contributed by atoms with van der Waals surface area (Å²) in [5.41, 5.74) is 2.42. The van der Waals surface area contributed by atoms with Crippen LogP contribution in [0.1, 0.15) is 36.2 Å². The van der Waals surface area contributed by atoms with Crippen LogP contribution in [-0.4, -0.2) is 22.6 Å². The van der Waals surface area contributed by atoms with Gasteiger partial charge < -0.3 is 10.4 Å². The third kappa shape index (κ3) is 2.85. The lowest BCUT2D eigenvalue weighted by Gasteiger charge is -2.45. The maximum Gasteiger partial charge on any atom is 0.413 e. The molecule has 0 aromatic heterocycles. The number of nitrogens with one attached hydrogen (secondary N) is 1. The summed E-state index contributed by atoms with van der Waals surface area (Å²) in [7, 11) is 0. The Kier molecular flexibility index (Phi) is 4.01. The van der Waals surface area contributed by atoms with Gasteiger partial charge in [-0.1, -0.05) is 18.2 Å². The van der Waals surface area contributed by atoms with Crippen molar-refractivity contribution in [2.45, 2.75) is 32.4 Å². The van der Waals surface area contributed by atoms with Crippen LogP contribution in [-0.2, 0) is 6.42 Å². The highest BCUT2D eigenvalue weighted by atomic mass is 16.4. The van der Waals surface area contributed by atoms with Crippen molar-refractivity contribution in [2.75, 3.05) is 10.2 Å². The molecule has 5 heteroatoms. The fourth-order valence-electron chi connectivity index (χ4n) is 3.23. The van der Waals surface area contributed by atoms with Gasteiger partial charge in [0.25, 0.3) is 0 Å². The van der Waals surface area contributed by atoms with E-state index in [1.54, 1.807) is 12.1 Å². The predicted molar refractivity (Wildman–Crippen MR) is 93.7 cm³/mol. The van der Waals surface area contributed by atoms with Crippen LogP contribution in [0.5, 0.6) is 0 Å². The van der Waals surface area contributed by atoms with Crippen LogP contribution in [0.15, 0.2) is 48.5 Å². The number of aryl methyl sites for hydroxylation is 1. The van der Waals surface area contributed by atoms with Crippen LogP contribution in [0.4, 0.5) is 16.2 Å². The van der Waals surface area contributed by atoms with Gasteiger partial charge in [-0.25, -0.2) is 4.79 Å². The highest BCUT2D eigenvalue weighted by molar-refractivity contribution is 5.94. The molecule has 5 nitrogen and oxygen atoms in total. The summed E-state index contributed by atoms with van der Waals surface area (Å²) < 4.78 is 0. The number of fused-ring (bicyclic) bond motifs is 1. The Morgan fingerprint density at radius 3 is 2.42 bits per heavy atom. The second-order valence-electron chi connectivity index (χ2n) is 6.28. The summed E-state index contributed by atoms with van der Waals surface area (Å²) in [6.45, 7) is 3.41. The molecule has 0 saturated carbocycles. The number of hydrogen-bond donors (Lipinski definition) is 2. The van der Waals surface area contributed by atoms with Crippen LogP contribution in [0.2, 0.25) is 0 Å². The molecule has 24 heavy (non-hydrogen) atoms. The van der Waals surface area contributed by atoms with E-state index in [-0.39, 0.29) is 5.78 Å². The van der Waals surface area contributed by atoms with E-state index in [0.29, 0.717) is 17.7 Å². The highest BCUT2D eigenvalue weighted by Crippen LogP contribution is 2.37. The number of Topliss-reactive ketones (excluding diaryl/α,β-unsaturated/α-hetero) is 1. The fourth-order valence-corrected chi connectivity index (χ4v) is 3.23. The Morgan fingerprint density at radius 2 is 1.79 bits per heavy atom. The predicted octanol–water partition coefficient (Wildman–Crippen LogP) is 4.15. The number of anilines is 2. The van der Waals surface area contributed by atoms with Crippen molar-refractivity contribution in [3.63, 3.8) is 0 Å². The molecule has 1 heterocycles. The summed E-state index contributed by atoms with van der Waals surface area (Å²) in [5.74, 6) is 0.00604. The van der Waals surface area contributed by atoms with Gasteiger partial charge in [0.2, 0.25) is 0 Å². The minimum Gasteiger partial charge on any atom is -0.465 e. The number of benzene rings is 2. The number of rotatable bonds is 3. The molecule has 2 aromatic rings. The minimum atomic E-state index is -0.988. The Hall–Kier alpha value is -2.82. The lowest BCUT2D eigenvalue weighted by Crippen LogP contribution is -2.57. The van der Waals surface area contributed by atoms with E-state index in [1.807, 2.05) is 43.3 Å². The Bertz CT molecular complexity index is 785. The molecule has 0 radical (unpaired) electrons. The summed E-state index contributed by atoms with van der Waals surface area (Å²) in [5, 5.41) is 13.1. The summed E-state index contributed by atoms with van der Waals surface area (Å²) in [4.78, 5) is 24.7. The quantitative estimate of drug-likeness (QED) is 0.832. The number of carboxylic acid groups (broad SMARTS) is 1. The average molecular weight is 324 g/mol. The molecule has 1 aliphatic rings. The van der Waals surface area contributed by atoms with E-state index in [4.69, 9.17) is 0 Å². The van der Waals surface area contributed by atoms with Crippen molar-refractivity contribution < 1.29 is 14.7 Å². The molecule has 1 atom stereocenters. The molecule has 1 amide bonds. The monoisotopic (exact) mass is 324 g/mol. The van der Waals surface area contributed by atoms with E-state index < -0.39 is 11.8 Å². The minimum absolute atomic E-state index is 0.00604. The normalized spacial score (nSPS) is 19.5. The first-order chi connectivity index (χ1) is 11.4. The zero-order valence-electron chi connectivity index (χ0n) is 13.7. The molecule has 2 aromatic carbocycles. The number of amides is 1. The first kappa shape index (κ1) is 16.1. The first-order valence-corrected chi connectivity index (χ1v) is 7.91. The average Bonchev–Trinajstić information content (AvgIpc) is 2.54.